The number of hydrogen-bond acceptors (Lipinski definition) is 5. The Morgan fingerprint density at radius 3 is 2.51 bits per heavy atom. The molecule has 176 valence electrons. The normalized spacial score (nSPS) is 17.2. The van der Waals surface area contributed by atoms with Gasteiger partial charge in [0.2, 0.25) is 0 Å². The molecule has 0 unspecified atom stereocenters. The molecule has 0 bridgehead atoms. The summed E-state index contributed by atoms with van der Waals surface area (Å²) in [6, 6.07) is 26.8. The van der Waals surface area contributed by atoms with Crippen LogP contribution in [0, 0.1) is 0 Å². The van der Waals surface area contributed by atoms with E-state index in [1.54, 1.807) is 17.5 Å². The zero-order valence-corrected chi connectivity index (χ0v) is 21.6. The minimum atomic E-state index is -0.225. The Morgan fingerprint density at radius 1 is 1.06 bits per heavy atom. The van der Waals surface area contributed by atoms with Crippen LogP contribution in [0.4, 0.5) is 11.4 Å². The molecule has 6 nitrogen and oxygen atoms in total. The minimum absolute atomic E-state index is 0.0617. The maximum atomic E-state index is 12.3. The van der Waals surface area contributed by atoms with Crippen molar-refractivity contribution >= 4 is 61.9 Å². The molecule has 2 aromatic carbocycles. The molecule has 2 N–H and O–H groups in total. The summed E-state index contributed by atoms with van der Waals surface area (Å²) in [4.78, 5) is 20.2. The van der Waals surface area contributed by atoms with E-state index < -0.39 is 0 Å². The number of benzene rings is 2. The van der Waals surface area contributed by atoms with E-state index in [-0.39, 0.29) is 24.6 Å². The van der Waals surface area contributed by atoms with Crippen LogP contribution in [0.2, 0.25) is 0 Å². The van der Waals surface area contributed by atoms with Crippen LogP contribution in [0.3, 0.4) is 0 Å². The lowest BCUT2D eigenvalue weighted by Crippen LogP contribution is -2.29. The van der Waals surface area contributed by atoms with Crippen molar-refractivity contribution in [1.29, 1.82) is 0 Å². The molecule has 1 amide bonds. The van der Waals surface area contributed by atoms with E-state index in [0.717, 1.165) is 20.0 Å². The number of nitrogens with zero attached hydrogens (tertiary/aromatic N) is 2. The highest BCUT2D eigenvalue weighted by atomic mass is 79.9. The summed E-state index contributed by atoms with van der Waals surface area (Å²) in [5, 5.41) is 6.96. The molecule has 0 radical (unpaired) electrons. The van der Waals surface area contributed by atoms with Crippen molar-refractivity contribution in [2.75, 3.05) is 16.8 Å². The van der Waals surface area contributed by atoms with Crippen LogP contribution in [0.25, 0.3) is 0 Å². The number of thiophene rings is 1. The number of pyridine rings is 1. The maximum Gasteiger partial charge on any atom is 0.262 e. The van der Waals surface area contributed by atoms with Gasteiger partial charge in [0.15, 0.2) is 11.7 Å². The number of aromatic nitrogens is 1. The van der Waals surface area contributed by atoms with E-state index in [4.69, 9.17) is 17.0 Å². The van der Waals surface area contributed by atoms with Gasteiger partial charge in [0.1, 0.15) is 5.75 Å². The van der Waals surface area contributed by atoms with Crippen LogP contribution in [-0.2, 0) is 4.79 Å². The summed E-state index contributed by atoms with van der Waals surface area (Å²) in [6.45, 7) is -0.0625. The van der Waals surface area contributed by atoms with Crippen LogP contribution < -0.4 is 20.3 Å². The van der Waals surface area contributed by atoms with Crippen molar-refractivity contribution < 1.29 is 9.53 Å². The summed E-state index contributed by atoms with van der Waals surface area (Å²) < 4.78 is 6.58. The van der Waals surface area contributed by atoms with E-state index in [0.29, 0.717) is 16.5 Å². The first-order valence-electron chi connectivity index (χ1n) is 10.9. The predicted molar refractivity (Wildman–Crippen MR) is 147 cm³/mol. The van der Waals surface area contributed by atoms with Gasteiger partial charge in [-0.25, -0.2) is 0 Å². The zero-order valence-electron chi connectivity index (χ0n) is 18.4. The fraction of sp³-hybridized carbons (Fsp3) is 0.115. The van der Waals surface area contributed by atoms with Crippen molar-refractivity contribution in [2.24, 2.45) is 0 Å². The van der Waals surface area contributed by atoms with Crippen molar-refractivity contribution in [1.82, 2.24) is 10.3 Å². The zero-order chi connectivity index (χ0) is 24.2. The number of thiocarbonyl (C=S) groups is 1. The third kappa shape index (κ3) is 5.37. The first-order chi connectivity index (χ1) is 17.1. The van der Waals surface area contributed by atoms with E-state index in [9.17, 15) is 4.79 Å². The predicted octanol–water partition coefficient (Wildman–Crippen LogP) is 6.10. The number of para-hydroxylation sites is 1. The van der Waals surface area contributed by atoms with Gasteiger partial charge in [-0.05, 0) is 88.8 Å². The second-order valence-corrected chi connectivity index (χ2v) is 10.7. The van der Waals surface area contributed by atoms with Crippen molar-refractivity contribution in [3.8, 4) is 5.75 Å². The average Bonchev–Trinajstić information content (AvgIpc) is 3.47. The van der Waals surface area contributed by atoms with Gasteiger partial charge in [-0.3, -0.25) is 9.78 Å². The Balaban J connectivity index is 1.34. The highest BCUT2D eigenvalue weighted by Gasteiger charge is 2.41. The molecule has 0 aliphatic carbocycles. The molecule has 2 aromatic heterocycles. The Morgan fingerprint density at radius 2 is 1.83 bits per heavy atom. The molecular formula is C26H21BrN4O2S2. The van der Waals surface area contributed by atoms with E-state index >= 15 is 0 Å². The molecule has 3 heterocycles. The number of halogens is 1. The molecule has 35 heavy (non-hydrogen) atoms. The molecular weight excluding hydrogens is 544 g/mol. The van der Waals surface area contributed by atoms with E-state index in [1.807, 2.05) is 78.9 Å². The molecule has 0 spiro atoms. The van der Waals surface area contributed by atoms with Gasteiger partial charge in [0, 0.05) is 22.4 Å². The quantitative estimate of drug-likeness (QED) is 0.264. The van der Waals surface area contributed by atoms with Gasteiger partial charge < -0.3 is 20.3 Å². The Labute approximate surface area is 221 Å². The smallest absolute Gasteiger partial charge is 0.262 e. The SMILES string of the molecule is O=C(COc1ccccc1)Nc1ccc(N2C(=S)N[C@@H](c3ccccn3)[C@@H]2c2ccc(Br)s2)cc1. The summed E-state index contributed by atoms with van der Waals surface area (Å²) >= 11 is 11.0. The summed E-state index contributed by atoms with van der Waals surface area (Å²) in [6.07, 6.45) is 1.79. The van der Waals surface area contributed by atoms with Crippen molar-refractivity contribution in [3.05, 3.63) is 105 Å². The number of amides is 1. The number of rotatable bonds is 7. The Hall–Kier alpha value is -3.27. The first-order valence-corrected chi connectivity index (χ1v) is 12.9. The number of carbonyl (C=O) groups is 1. The largest absolute Gasteiger partial charge is 0.484 e. The number of ether oxygens (including phenoxy) is 1. The molecule has 1 fully saturated rings. The molecule has 1 aliphatic rings. The van der Waals surface area contributed by atoms with E-state index in [1.165, 1.54) is 0 Å². The number of carbonyl (C=O) groups excluding carboxylic acids is 1. The van der Waals surface area contributed by atoms with Crippen molar-refractivity contribution in [3.63, 3.8) is 0 Å². The Bertz CT molecular complexity index is 1320. The molecule has 2 atom stereocenters. The van der Waals surface area contributed by atoms with Crippen molar-refractivity contribution in [2.45, 2.75) is 12.1 Å². The number of anilines is 2. The van der Waals surface area contributed by atoms with Gasteiger partial charge in [-0.15, -0.1) is 11.3 Å². The second-order valence-electron chi connectivity index (χ2n) is 7.84. The molecule has 1 aliphatic heterocycles. The highest BCUT2D eigenvalue weighted by Crippen LogP contribution is 2.44. The maximum absolute atomic E-state index is 12.3. The molecule has 9 heteroatoms. The van der Waals surface area contributed by atoms with Gasteiger partial charge in [-0.1, -0.05) is 24.3 Å². The monoisotopic (exact) mass is 564 g/mol. The summed E-state index contributed by atoms with van der Waals surface area (Å²) in [7, 11) is 0. The lowest BCUT2D eigenvalue weighted by Gasteiger charge is -2.27. The average molecular weight is 566 g/mol. The molecule has 4 aromatic rings. The summed E-state index contributed by atoms with van der Waals surface area (Å²) in [5.41, 5.74) is 2.54. The van der Waals surface area contributed by atoms with Gasteiger partial charge in [0.05, 0.1) is 21.6 Å². The van der Waals surface area contributed by atoms with Crippen LogP contribution in [0.5, 0.6) is 5.75 Å². The minimum Gasteiger partial charge on any atom is -0.484 e. The molecule has 0 saturated carbocycles. The van der Waals surface area contributed by atoms with Crippen LogP contribution >= 0.6 is 39.5 Å². The summed E-state index contributed by atoms with van der Waals surface area (Å²) in [5.74, 6) is 0.429. The highest BCUT2D eigenvalue weighted by molar-refractivity contribution is 9.11. The lowest BCUT2D eigenvalue weighted by molar-refractivity contribution is -0.118. The van der Waals surface area contributed by atoms with Gasteiger partial charge in [0.25, 0.3) is 5.91 Å². The van der Waals surface area contributed by atoms with Crippen LogP contribution in [0.1, 0.15) is 22.7 Å². The number of nitrogens with one attached hydrogen (secondary N) is 2. The fourth-order valence-electron chi connectivity index (χ4n) is 3.98. The van der Waals surface area contributed by atoms with Gasteiger partial charge >= 0.3 is 0 Å². The number of hydrogen-bond donors (Lipinski definition) is 2. The topological polar surface area (TPSA) is 66.5 Å². The molecule has 5 rings (SSSR count). The van der Waals surface area contributed by atoms with E-state index in [2.05, 4.69) is 42.5 Å². The van der Waals surface area contributed by atoms with Crippen LogP contribution in [-0.4, -0.2) is 22.6 Å². The first kappa shape index (κ1) is 23.5. The standard InChI is InChI=1S/C26H21BrN4O2S2/c27-22-14-13-21(35-22)25-24(20-8-4-5-15-28-20)30-26(34)31(25)18-11-9-17(10-12-18)29-23(32)16-33-19-6-2-1-3-7-19/h1-15,24-25H,16H2,(H,29,32)(H,30,34)/t24-,25-/m0/s1. The van der Waals surface area contributed by atoms with Gasteiger partial charge in [-0.2, -0.15) is 0 Å². The fourth-order valence-corrected chi connectivity index (χ4v) is 5.88. The lowest BCUT2D eigenvalue weighted by atomic mass is 10.0. The van der Waals surface area contributed by atoms with Crippen LogP contribution in [0.15, 0.2) is 94.9 Å². The second kappa shape index (κ2) is 10.6. The third-order valence-electron chi connectivity index (χ3n) is 5.53. The Kier molecular flexibility index (Phi) is 7.08. The third-order valence-corrected chi connectivity index (χ3v) is 7.53. The molecule has 1 saturated heterocycles.